The number of halogens is 2. The van der Waals surface area contributed by atoms with Gasteiger partial charge in [0.05, 0.1) is 5.69 Å². The lowest BCUT2D eigenvalue weighted by molar-refractivity contribution is 0.624. The fraction of sp³-hybridized carbons (Fsp3) is 0.455. The molecule has 0 spiro atoms. The summed E-state index contributed by atoms with van der Waals surface area (Å²) in [5.74, 6) is -0.260. The lowest BCUT2D eigenvalue weighted by Gasteiger charge is -2.13. The first-order valence-corrected chi connectivity index (χ1v) is 5.35. The van der Waals surface area contributed by atoms with Crippen LogP contribution in [0.25, 0.3) is 0 Å². The molecule has 0 amide bonds. The number of hydrogen-bond acceptors (Lipinski definition) is 1. The van der Waals surface area contributed by atoms with E-state index in [2.05, 4.69) is 5.32 Å². The van der Waals surface area contributed by atoms with Crippen LogP contribution < -0.4 is 5.32 Å². The normalized spacial score (nSPS) is 17.3. The Kier molecular flexibility index (Phi) is 2.92. The maximum atomic E-state index is 13.4. The number of hydrogen-bond donors (Lipinski definition) is 1. The van der Waals surface area contributed by atoms with Gasteiger partial charge in [-0.05, 0) is 31.0 Å². The van der Waals surface area contributed by atoms with Crippen molar-refractivity contribution in [2.75, 3.05) is 5.32 Å². The Bertz CT molecular complexity index is 321. The average Bonchev–Trinajstić information content (AvgIpc) is 2.62. The van der Waals surface area contributed by atoms with Crippen LogP contribution >= 0.6 is 11.6 Å². The molecule has 0 aromatic heterocycles. The van der Waals surface area contributed by atoms with E-state index < -0.39 is 0 Å². The van der Waals surface area contributed by atoms with Crippen molar-refractivity contribution in [3.05, 3.63) is 29.0 Å². The summed E-state index contributed by atoms with van der Waals surface area (Å²) in [5.41, 5.74) is 0.571. The SMILES string of the molecule is Fc1cc(Cl)ccc1NC1CCCC1. The largest absolute Gasteiger partial charge is 0.380 e. The maximum absolute atomic E-state index is 13.4. The average molecular weight is 214 g/mol. The highest BCUT2D eigenvalue weighted by atomic mass is 35.5. The van der Waals surface area contributed by atoms with E-state index in [1.807, 2.05) is 0 Å². The Hall–Kier alpha value is -0.760. The zero-order chi connectivity index (χ0) is 9.97. The van der Waals surface area contributed by atoms with E-state index >= 15 is 0 Å². The molecule has 1 aliphatic carbocycles. The molecule has 76 valence electrons. The lowest BCUT2D eigenvalue weighted by atomic mass is 10.2. The summed E-state index contributed by atoms with van der Waals surface area (Å²) in [6.45, 7) is 0. The van der Waals surface area contributed by atoms with E-state index in [1.165, 1.54) is 18.9 Å². The van der Waals surface area contributed by atoms with E-state index in [9.17, 15) is 4.39 Å². The third kappa shape index (κ3) is 2.18. The molecule has 0 radical (unpaired) electrons. The smallest absolute Gasteiger partial charge is 0.147 e. The van der Waals surface area contributed by atoms with E-state index in [0.717, 1.165) is 12.8 Å². The van der Waals surface area contributed by atoms with E-state index in [1.54, 1.807) is 12.1 Å². The van der Waals surface area contributed by atoms with Gasteiger partial charge in [0.25, 0.3) is 0 Å². The summed E-state index contributed by atoms with van der Waals surface area (Å²) in [7, 11) is 0. The number of anilines is 1. The summed E-state index contributed by atoms with van der Waals surface area (Å²) >= 11 is 5.67. The Morgan fingerprint density at radius 2 is 2.00 bits per heavy atom. The zero-order valence-corrected chi connectivity index (χ0v) is 8.65. The molecule has 1 nitrogen and oxygen atoms in total. The minimum Gasteiger partial charge on any atom is -0.380 e. The van der Waals surface area contributed by atoms with Crippen molar-refractivity contribution < 1.29 is 4.39 Å². The molecule has 0 aliphatic heterocycles. The minimum absolute atomic E-state index is 0.260. The Morgan fingerprint density at radius 1 is 1.29 bits per heavy atom. The van der Waals surface area contributed by atoms with Gasteiger partial charge in [-0.1, -0.05) is 24.4 Å². The van der Waals surface area contributed by atoms with E-state index in [4.69, 9.17) is 11.6 Å². The van der Waals surface area contributed by atoms with Crippen molar-refractivity contribution in [1.82, 2.24) is 0 Å². The van der Waals surface area contributed by atoms with Crippen molar-refractivity contribution in [3.63, 3.8) is 0 Å². The quantitative estimate of drug-likeness (QED) is 0.787. The van der Waals surface area contributed by atoms with Gasteiger partial charge in [-0.15, -0.1) is 0 Å². The standard InChI is InChI=1S/C11H13ClFN/c12-8-5-6-11(10(13)7-8)14-9-3-1-2-4-9/h5-7,9,14H,1-4H2. The molecule has 1 aromatic carbocycles. The van der Waals surface area contributed by atoms with Gasteiger partial charge < -0.3 is 5.32 Å². The summed E-state index contributed by atoms with van der Waals surface area (Å²) in [4.78, 5) is 0. The fourth-order valence-corrected chi connectivity index (χ4v) is 2.06. The van der Waals surface area contributed by atoms with E-state index in [0.29, 0.717) is 16.8 Å². The van der Waals surface area contributed by atoms with Crippen molar-refractivity contribution in [1.29, 1.82) is 0 Å². The van der Waals surface area contributed by atoms with Crippen molar-refractivity contribution in [2.24, 2.45) is 0 Å². The van der Waals surface area contributed by atoms with Gasteiger partial charge in [0.2, 0.25) is 0 Å². The van der Waals surface area contributed by atoms with Crippen molar-refractivity contribution >= 4 is 17.3 Å². The Morgan fingerprint density at radius 3 is 2.64 bits per heavy atom. The topological polar surface area (TPSA) is 12.0 Å². The van der Waals surface area contributed by atoms with Crippen LogP contribution in [-0.2, 0) is 0 Å². The van der Waals surface area contributed by atoms with Gasteiger partial charge in [-0.25, -0.2) is 4.39 Å². The van der Waals surface area contributed by atoms with Crippen molar-refractivity contribution in [2.45, 2.75) is 31.7 Å². The lowest BCUT2D eigenvalue weighted by Crippen LogP contribution is -2.15. The molecule has 2 rings (SSSR count). The Labute approximate surface area is 88.3 Å². The van der Waals surface area contributed by atoms with Crippen LogP contribution in [0.15, 0.2) is 18.2 Å². The molecule has 1 saturated carbocycles. The first kappa shape index (κ1) is 9.78. The molecule has 0 bridgehead atoms. The van der Waals surface area contributed by atoms with Crippen LogP contribution in [0.2, 0.25) is 5.02 Å². The summed E-state index contributed by atoms with van der Waals surface area (Å²) < 4.78 is 13.4. The number of nitrogens with one attached hydrogen (secondary N) is 1. The monoisotopic (exact) mass is 213 g/mol. The van der Waals surface area contributed by atoms with Gasteiger partial charge >= 0.3 is 0 Å². The highest BCUT2D eigenvalue weighted by Crippen LogP contribution is 2.25. The Balaban J connectivity index is 2.08. The second kappa shape index (κ2) is 4.18. The number of rotatable bonds is 2. The van der Waals surface area contributed by atoms with Crippen LogP contribution in [0.1, 0.15) is 25.7 Å². The van der Waals surface area contributed by atoms with Crippen LogP contribution in [-0.4, -0.2) is 6.04 Å². The molecule has 0 heterocycles. The maximum Gasteiger partial charge on any atom is 0.147 e. The highest BCUT2D eigenvalue weighted by molar-refractivity contribution is 6.30. The first-order chi connectivity index (χ1) is 6.75. The summed E-state index contributed by atoms with van der Waals surface area (Å²) in [6.07, 6.45) is 4.77. The van der Waals surface area contributed by atoms with Gasteiger partial charge in [0.1, 0.15) is 5.82 Å². The van der Waals surface area contributed by atoms with Crippen LogP contribution in [0.5, 0.6) is 0 Å². The molecule has 1 aromatic rings. The molecule has 3 heteroatoms. The fourth-order valence-electron chi connectivity index (χ4n) is 1.90. The van der Waals surface area contributed by atoms with Crippen LogP contribution in [0, 0.1) is 5.82 Å². The third-order valence-electron chi connectivity index (χ3n) is 2.65. The zero-order valence-electron chi connectivity index (χ0n) is 7.89. The van der Waals surface area contributed by atoms with Gasteiger partial charge in [-0.3, -0.25) is 0 Å². The summed E-state index contributed by atoms with van der Waals surface area (Å²) in [6, 6.07) is 5.20. The predicted octanol–water partition coefficient (Wildman–Crippen LogP) is 3.83. The molecular weight excluding hydrogens is 201 g/mol. The third-order valence-corrected chi connectivity index (χ3v) is 2.88. The number of benzene rings is 1. The highest BCUT2D eigenvalue weighted by Gasteiger charge is 2.15. The second-order valence-electron chi connectivity index (χ2n) is 3.75. The van der Waals surface area contributed by atoms with Gasteiger partial charge in [0.15, 0.2) is 0 Å². The summed E-state index contributed by atoms with van der Waals surface area (Å²) in [5, 5.41) is 3.65. The molecular formula is C11H13ClFN. The molecule has 0 saturated heterocycles. The minimum atomic E-state index is -0.260. The van der Waals surface area contributed by atoms with Gasteiger partial charge in [-0.2, -0.15) is 0 Å². The molecule has 0 atom stereocenters. The van der Waals surface area contributed by atoms with Gasteiger partial charge in [0, 0.05) is 11.1 Å². The molecule has 1 N–H and O–H groups in total. The molecule has 0 unspecified atom stereocenters. The molecule has 1 fully saturated rings. The molecule has 1 aliphatic rings. The van der Waals surface area contributed by atoms with Crippen molar-refractivity contribution in [3.8, 4) is 0 Å². The first-order valence-electron chi connectivity index (χ1n) is 4.97. The van der Waals surface area contributed by atoms with Crippen LogP contribution in [0.3, 0.4) is 0 Å². The van der Waals surface area contributed by atoms with Crippen LogP contribution in [0.4, 0.5) is 10.1 Å². The van der Waals surface area contributed by atoms with E-state index in [-0.39, 0.29) is 5.82 Å². The molecule has 14 heavy (non-hydrogen) atoms. The predicted molar refractivity (Wildman–Crippen MR) is 57.3 cm³/mol. The second-order valence-corrected chi connectivity index (χ2v) is 4.19.